The van der Waals surface area contributed by atoms with Gasteiger partial charge in [-0.25, -0.2) is 4.79 Å². The molecule has 18 nitrogen and oxygen atoms in total. The van der Waals surface area contributed by atoms with Gasteiger partial charge in [0.25, 0.3) is 0 Å². The van der Waals surface area contributed by atoms with Crippen molar-refractivity contribution in [1.29, 1.82) is 0 Å². The fourth-order valence-electron chi connectivity index (χ4n) is 8.51. The van der Waals surface area contributed by atoms with E-state index in [0.717, 1.165) is 57.9 Å². The van der Waals surface area contributed by atoms with Crippen LogP contribution >= 0.6 is 15.9 Å². The van der Waals surface area contributed by atoms with Gasteiger partial charge < -0.3 is 54.0 Å². The summed E-state index contributed by atoms with van der Waals surface area (Å²) < 4.78 is 9.14. The van der Waals surface area contributed by atoms with E-state index >= 15 is 0 Å². The van der Waals surface area contributed by atoms with Gasteiger partial charge in [0.1, 0.15) is 23.0 Å². The van der Waals surface area contributed by atoms with E-state index in [-0.39, 0.29) is 108 Å². The minimum absolute atomic E-state index is 0. The average Bonchev–Trinajstić information content (AvgIpc) is 4.03. The number of carbonyl (C=O) groups is 8. The predicted molar refractivity (Wildman–Crippen MR) is 264 cm³/mol. The van der Waals surface area contributed by atoms with Crippen molar-refractivity contribution in [2.45, 2.75) is 189 Å². The number of nitrogens with two attached hydrogens (primary N) is 2. The third-order valence-corrected chi connectivity index (χ3v) is 12.8. The van der Waals surface area contributed by atoms with E-state index < -0.39 is 12.1 Å². The summed E-state index contributed by atoms with van der Waals surface area (Å²) in [5.41, 5.74) is 10.6. The van der Waals surface area contributed by atoms with E-state index in [1.165, 1.54) is 27.1 Å². The molecule has 4 heterocycles. The molecule has 4 aliphatic rings. The number of hydrogen-bond donors (Lipinski definition) is 4. The maximum absolute atomic E-state index is 11.8. The Bertz CT molecular complexity index is 1400. The second kappa shape index (κ2) is 41.0. The Hall–Kier alpha value is -2.84. The Morgan fingerprint density at radius 1 is 0.597 bits per heavy atom. The van der Waals surface area contributed by atoms with Crippen LogP contribution in [0.15, 0.2) is 0 Å². The van der Waals surface area contributed by atoms with Crippen LogP contribution in [0.1, 0.15) is 167 Å². The quantitative estimate of drug-likeness (QED) is 0.0829. The number of amides is 6. The minimum Gasteiger partial charge on any atom is -1.00 e. The van der Waals surface area contributed by atoms with Crippen molar-refractivity contribution in [3.8, 4) is 0 Å². The zero-order chi connectivity index (χ0) is 48.2. The number of rotatable bonds is 19. The molecule has 8 atom stereocenters. The van der Waals surface area contributed by atoms with Crippen molar-refractivity contribution in [3.63, 3.8) is 0 Å². The zero-order valence-corrected chi connectivity index (χ0v) is 46.0. The molecule has 10 N–H and O–H groups in total. The monoisotopic (exact) mass is 1030 g/mol. The van der Waals surface area contributed by atoms with Gasteiger partial charge in [-0.05, 0) is 75.0 Å². The average molecular weight is 1040 g/mol. The number of ether oxygens (including phenoxy) is 2. The second-order valence-electron chi connectivity index (χ2n) is 16.9. The van der Waals surface area contributed by atoms with Gasteiger partial charge in [0, 0.05) is 51.9 Å². The Labute approximate surface area is 435 Å². The molecule has 4 unspecified atom stereocenters. The molecule has 4 aliphatic heterocycles. The number of halogens is 1. The van der Waals surface area contributed by atoms with Gasteiger partial charge in [-0.2, -0.15) is 0 Å². The van der Waals surface area contributed by atoms with Crippen LogP contribution in [-0.2, 0) is 47.8 Å². The molecule has 0 aromatic heterocycles. The predicted octanol–water partition coefficient (Wildman–Crippen LogP) is 2.73. The number of hydrogen-bond acceptors (Lipinski definition) is 11. The summed E-state index contributed by atoms with van der Waals surface area (Å²) in [5.74, 6) is 1.08. The van der Waals surface area contributed by atoms with E-state index in [0.29, 0.717) is 81.8 Å². The molecule has 0 saturated carbocycles. The van der Waals surface area contributed by atoms with E-state index in [2.05, 4.69) is 53.7 Å². The molecule has 4 fully saturated rings. The largest absolute Gasteiger partial charge is 1.00 e. The van der Waals surface area contributed by atoms with Crippen LogP contribution in [0.25, 0.3) is 0 Å². The molecule has 0 radical (unpaired) electrons. The molecular formula is C47H93BrN7NaO11. The molecule has 4 rings (SSSR count). The molecule has 0 aliphatic carbocycles. The molecule has 0 spiro atoms. The van der Waals surface area contributed by atoms with Gasteiger partial charge in [-0.1, -0.05) is 104 Å². The van der Waals surface area contributed by atoms with Gasteiger partial charge >= 0.3 is 41.5 Å². The molecular weight excluding hydrogens is 941 g/mol. The van der Waals surface area contributed by atoms with Gasteiger partial charge in [-0.15, -0.1) is 0 Å². The van der Waals surface area contributed by atoms with Crippen molar-refractivity contribution in [2.75, 3.05) is 40.4 Å². The van der Waals surface area contributed by atoms with Gasteiger partial charge in [0.05, 0.1) is 14.2 Å². The van der Waals surface area contributed by atoms with E-state index in [4.69, 9.17) is 16.2 Å². The zero-order valence-electron chi connectivity index (χ0n) is 43.4. The molecule has 4 saturated heterocycles. The van der Waals surface area contributed by atoms with E-state index in [1.807, 2.05) is 27.7 Å². The first-order valence-electron chi connectivity index (χ1n) is 23.4. The number of alkyl halides is 1. The smallest absolute Gasteiger partial charge is 1.00 e. The van der Waals surface area contributed by atoms with E-state index in [9.17, 15) is 38.4 Å². The van der Waals surface area contributed by atoms with Crippen LogP contribution in [0.2, 0.25) is 0 Å². The third kappa shape index (κ3) is 26.6. The van der Waals surface area contributed by atoms with Crippen molar-refractivity contribution in [1.82, 2.24) is 26.2 Å². The maximum atomic E-state index is 11.8. The standard InChI is InChI=1S/C12H21NO3.2C11H20N2O2.C7H13NO.C5H9BrO2.CH4.H3N.Na.H2O.H/c1-4-6-9-7-11(14)13(8-9)10(5-2)12(15)16-3;2*1-3-5-8-6-10(14)13(7-8)9(4-2)11(12)15;1-2-3-6-4-7(9)8-5-6;1-3-4(6)5(7)8-2;;;;;/h9-10H,4-8H2,1-3H3;2*8-9H,3-7H2,1-2H3,(H2,12,15);6H,2-5H2,1H3,(H,8,9);4H,3H2,1-2H3;1H4;1H3;;1H2;/q;;;;;;;+1;;-1/t9-,10?;2*8-,9?;6-;;;;;;/m1111....../s1. The van der Waals surface area contributed by atoms with Gasteiger partial charge in [-0.3, -0.25) is 33.6 Å². The molecule has 0 aromatic carbocycles. The Morgan fingerprint density at radius 3 is 1.13 bits per heavy atom. The molecule has 0 bridgehead atoms. The Balaban J connectivity index is -0.000000177. The van der Waals surface area contributed by atoms with Crippen LogP contribution in [0, 0.1) is 23.7 Å². The summed E-state index contributed by atoms with van der Waals surface area (Å²) in [6.07, 6.45) is 13.9. The van der Waals surface area contributed by atoms with Crippen molar-refractivity contribution >= 4 is 63.3 Å². The topological polar surface area (TPSA) is 295 Å². The number of methoxy groups -OCH3 is 2. The van der Waals surface area contributed by atoms with Crippen LogP contribution < -0.4 is 52.5 Å². The minimum atomic E-state index is -0.403. The molecule has 6 amide bonds. The first-order chi connectivity index (χ1) is 29.9. The Morgan fingerprint density at radius 2 is 0.910 bits per heavy atom. The first-order valence-corrected chi connectivity index (χ1v) is 24.3. The number of likely N-dealkylation sites (tertiary alicyclic amines) is 3. The SMILES string of the molecule is C.CCC(Br)C(=O)OC.CCC[C@@H]1CC(=O)N(C(CC)C(=O)OC)C1.CCC[C@@H]1CC(=O)N(C(CC)C(N)=O)C1.CCC[C@@H]1CC(=O)N(C(CC)C(N)=O)C1.CCC[C@H]1CNC(=O)C1.N.O.[H-].[Na+]. The van der Waals surface area contributed by atoms with Gasteiger partial charge in [0.2, 0.25) is 35.4 Å². The number of primary amides is 2. The van der Waals surface area contributed by atoms with Crippen LogP contribution in [0.4, 0.5) is 0 Å². The van der Waals surface area contributed by atoms with Crippen molar-refractivity contribution in [2.24, 2.45) is 35.1 Å². The fourth-order valence-corrected chi connectivity index (χ4v) is 8.69. The summed E-state index contributed by atoms with van der Waals surface area (Å²) in [4.78, 5) is 95.0. The molecule has 20 heteroatoms. The summed E-state index contributed by atoms with van der Waals surface area (Å²) in [5, 5.41) is 2.82. The molecule has 67 heavy (non-hydrogen) atoms. The fraction of sp³-hybridized carbons (Fsp3) is 0.830. The maximum Gasteiger partial charge on any atom is 1.00 e. The van der Waals surface area contributed by atoms with Gasteiger partial charge in [0.15, 0.2) is 0 Å². The Kier molecular flexibility index (Phi) is 44.7. The van der Waals surface area contributed by atoms with E-state index in [1.54, 1.807) is 14.7 Å². The molecule has 0 aromatic rings. The molecule has 390 valence electrons. The number of nitrogens with one attached hydrogen (secondary N) is 1. The third-order valence-electron chi connectivity index (χ3n) is 11.8. The normalized spacial score (nSPS) is 20.8. The number of carbonyl (C=O) groups excluding carboxylic acids is 8. The number of esters is 2. The van der Waals surface area contributed by atoms with Crippen molar-refractivity contribution in [3.05, 3.63) is 0 Å². The summed E-state index contributed by atoms with van der Waals surface area (Å²) >= 11 is 3.13. The summed E-state index contributed by atoms with van der Waals surface area (Å²) in [7, 11) is 2.75. The first kappa shape index (κ1) is 73.1. The summed E-state index contributed by atoms with van der Waals surface area (Å²) in [6, 6.07) is -1.20. The van der Waals surface area contributed by atoms with Crippen LogP contribution in [0.5, 0.6) is 0 Å². The number of nitrogens with zero attached hydrogens (tertiary/aromatic N) is 3. The van der Waals surface area contributed by atoms with Crippen LogP contribution in [0.3, 0.4) is 0 Å². The van der Waals surface area contributed by atoms with Crippen LogP contribution in [-0.4, -0.2) is 131 Å². The van der Waals surface area contributed by atoms with Crippen molar-refractivity contribution < 1.29 is 84.3 Å². The second-order valence-corrected chi connectivity index (χ2v) is 18.0. The summed E-state index contributed by atoms with van der Waals surface area (Å²) in [6.45, 7) is 19.1.